The molecule has 3 aromatic carbocycles. The molecule has 2 N–H and O–H groups in total. The maximum Gasteiger partial charge on any atom is 0.262 e. The number of anilines is 2. The van der Waals surface area contributed by atoms with E-state index in [1.807, 2.05) is 67.6 Å². The summed E-state index contributed by atoms with van der Waals surface area (Å²) in [5.74, 6) is 0.769. The summed E-state index contributed by atoms with van der Waals surface area (Å²) in [5, 5.41) is 7.01. The SMILES string of the molecule is COc1cc(/C=N/Nc2ccccc2)ccc1OCC(=O)Nc1ccc(C)cc1. The highest BCUT2D eigenvalue weighted by molar-refractivity contribution is 5.92. The van der Waals surface area contributed by atoms with Crippen LogP contribution in [0.15, 0.2) is 77.9 Å². The van der Waals surface area contributed by atoms with Crippen LogP contribution in [-0.4, -0.2) is 25.8 Å². The Morgan fingerprint density at radius 2 is 1.72 bits per heavy atom. The molecule has 0 radical (unpaired) electrons. The molecule has 0 aliphatic rings. The summed E-state index contributed by atoms with van der Waals surface area (Å²) in [6, 6.07) is 22.6. The number of hydrogen-bond donors (Lipinski definition) is 2. The van der Waals surface area contributed by atoms with Gasteiger partial charge in [0, 0.05) is 5.69 Å². The van der Waals surface area contributed by atoms with Crippen molar-refractivity contribution in [1.29, 1.82) is 0 Å². The van der Waals surface area contributed by atoms with E-state index in [9.17, 15) is 4.79 Å². The van der Waals surface area contributed by atoms with E-state index in [1.165, 1.54) is 0 Å². The minimum absolute atomic E-state index is 0.118. The Morgan fingerprint density at radius 1 is 0.966 bits per heavy atom. The molecule has 0 bridgehead atoms. The Balaban J connectivity index is 1.56. The second-order valence-corrected chi connectivity index (χ2v) is 6.35. The van der Waals surface area contributed by atoms with Crippen LogP contribution in [0.25, 0.3) is 0 Å². The van der Waals surface area contributed by atoms with Crippen LogP contribution in [0.3, 0.4) is 0 Å². The first-order chi connectivity index (χ1) is 14.1. The van der Waals surface area contributed by atoms with Gasteiger partial charge in [-0.2, -0.15) is 5.10 Å². The summed E-state index contributed by atoms with van der Waals surface area (Å²) >= 11 is 0. The van der Waals surface area contributed by atoms with Crippen LogP contribution in [0.4, 0.5) is 11.4 Å². The topological polar surface area (TPSA) is 71.9 Å². The highest BCUT2D eigenvalue weighted by Gasteiger charge is 2.09. The van der Waals surface area contributed by atoms with Crippen molar-refractivity contribution in [2.24, 2.45) is 5.10 Å². The van der Waals surface area contributed by atoms with Crippen molar-refractivity contribution in [2.75, 3.05) is 24.5 Å². The predicted molar refractivity (Wildman–Crippen MR) is 116 cm³/mol. The standard InChI is InChI=1S/C23H23N3O3/c1-17-8-11-19(12-9-17)25-23(27)16-29-21-13-10-18(14-22(21)28-2)15-24-26-20-6-4-3-5-7-20/h3-15,26H,16H2,1-2H3,(H,25,27)/b24-15+. The fraction of sp³-hybridized carbons (Fsp3) is 0.130. The van der Waals surface area contributed by atoms with Gasteiger partial charge in [0.05, 0.1) is 19.0 Å². The molecule has 0 spiro atoms. The van der Waals surface area contributed by atoms with Gasteiger partial charge in [-0.3, -0.25) is 10.2 Å². The van der Waals surface area contributed by atoms with Crippen molar-refractivity contribution in [2.45, 2.75) is 6.92 Å². The van der Waals surface area contributed by atoms with Crippen molar-refractivity contribution in [1.82, 2.24) is 0 Å². The van der Waals surface area contributed by atoms with E-state index in [1.54, 1.807) is 25.5 Å². The van der Waals surface area contributed by atoms with E-state index in [4.69, 9.17) is 9.47 Å². The molecule has 0 saturated heterocycles. The Bertz CT molecular complexity index is 970. The Hall–Kier alpha value is -3.80. The van der Waals surface area contributed by atoms with Crippen molar-refractivity contribution < 1.29 is 14.3 Å². The third kappa shape index (κ3) is 6.10. The molecule has 3 aromatic rings. The number of hydrogen-bond acceptors (Lipinski definition) is 5. The van der Waals surface area contributed by atoms with Gasteiger partial charge in [0.2, 0.25) is 0 Å². The van der Waals surface area contributed by atoms with Gasteiger partial charge in [-0.15, -0.1) is 0 Å². The maximum atomic E-state index is 12.1. The number of ether oxygens (including phenoxy) is 2. The zero-order valence-corrected chi connectivity index (χ0v) is 16.4. The molecule has 0 heterocycles. The van der Waals surface area contributed by atoms with Gasteiger partial charge in [0.1, 0.15) is 0 Å². The Labute approximate surface area is 170 Å². The largest absolute Gasteiger partial charge is 0.493 e. The van der Waals surface area contributed by atoms with E-state index in [2.05, 4.69) is 15.8 Å². The minimum atomic E-state index is -0.242. The summed E-state index contributed by atoms with van der Waals surface area (Å²) in [6.07, 6.45) is 1.68. The summed E-state index contributed by atoms with van der Waals surface area (Å²) in [4.78, 5) is 12.1. The van der Waals surface area contributed by atoms with Crippen molar-refractivity contribution in [3.8, 4) is 11.5 Å². The van der Waals surface area contributed by atoms with Gasteiger partial charge in [-0.25, -0.2) is 0 Å². The highest BCUT2D eigenvalue weighted by Crippen LogP contribution is 2.27. The lowest BCUT2D eigenvalue weighted by Gasteiger charge is -2.11. The summed E-state index contributed by atoms with van der Waals surface area (Å²) < 4.78 is 11.0. The van der Waals surface area contributed by atoms with E-state index in [-0.39, 0.29) is 12.5 Å². The fourth-order valence-electron chi connectivity index (χ4n) is 2.56. The van der Waals surface area contributed by atoms with E-state index < -0.39 is 0 Å². The molecule has 1 amide bonds. The molecule has 0 atom stereocenters. The van der Waals surface area contributed by atoms with Crippen LogP contribution >= 0.6 is 0 Å². The number of carbonyl (C=O) groups is 1. The van der Waals surface area contributed by atoms with Crippen LogP contribution < -0.4 is 20.2 Å². The van der Waals surface area contributed by atoms with E-state index >= 15 is 0 Å². The number of amides is 1. The Kier molecular flexibility index (Phi) is 6.84. The molecule has 0 fully saturated rings. The predicted octanol–water partition coefficient (Wildman–Crippen LogP) is 4.47. The van der Waals surface area contributed by atoms with Gasteiger partial charge in [0.25, 0.3) is 5.91 Å². The summed E-state index contributed by atoms with van der Waals surface area (Å²) in [7, 11) is 1.55. The molecule has 0 aliphatic carbocycles. The normalized spacial score (nSPS) is 10.6. The molecule has 0 unspecified atom stereocenters. The van der Waals surface area contributed by atoms with Crippen molar-refractivity contribution in [3.05, 3.63) is 83.9 Å². The van der Waals surface area contributed by atoms with Crippen molar-refractivity contribution >= 4 is 23.5 Å². The molecule has 6 nitrogen and oxygen atoms in total. The summed E-state index contributed by atoms with van der Waals surface area (Å²) in [6.45, 7) is 1.88. The molecule has 29 heavy (non-hydrogen) atoms. The Morgan fingerprint density at radius 3 is 2.45 bits per heavy atom. The lowest BCUT2D eigenvalue weighted by molar-refractivity contribution is -0.118. The van der Waals surface area contributed by atoms with Crippen LogP contribution in [0, 0.1) is 6.92 Å². The van der Waals surface area contributed by atoms with Gasteiger partial charge < -0.3 is 14.8 Å². The molecule has 3 rings (SSSR count). The number of benzene rings is 3. The molecular weight excluding hydrogens is 366 g/mol. The highest BCUT2D eigenvalue weighted by atomic mass is 16.5. The number of para-hydroxylation sites is 1. The molecule has 6 heteroatoms. The average molecular weight is 389 g/mol. The van der Waals surface area contributed by atoms with Crippen LogP contribution in [0.5, 0.6) is 11.5 Å². The quantitative estimate of drug-likeness (QED) is 0.441. The summed E-state index contributed by atoms with van der Waals surface area (Å²) in [5.41, 5.74) is 6.55. The maximum absolute atomic E-state index is 12.1. The van der Waals surface area contributed by atoms with Gasteiger partial charge >= 0.3 is 0 Å². The lowest BCUT2D eigenvalue weighted by atomic mass is 10.2. The molecule has 0 aliphatic heterocycles. The van der Waals surface area contributed by atoms with Crippen LogP contribution in [0.2, 0.25) is 0 Å². The zero-order chi connectivity index (χ0) is 20.5. The van der Waals surface area contributed by atoms with Crippen molar-refractivity contribution in [3.63, 3.8) is 0 Å². The number of hydrazone groups is 1. The van der Waals surface area contributed by atoms with E-state index in [0.29, 0.717) is 11.5 Å². The third-order valence-corrected chi connectivity index (χ3v) is 4.06. The molecular formula is C23H23N3O3. The fourth-order valence-corrected chi connectivity index (χ4v) is 2.56. The number of aryl methyl sites for hydroxylation is 1. The van der Waals surface area contributed by atoms with Crippen LogP contribution in [-0.2, 0) is 4.79 Å². The average Bonchev–Trinajstić information content (AvgIpc) is 2.75. The number of nitrogens with one attached hydrogen (secondary N) is 2. The molecule has 0 aromatic heterocycles. The monoisotopic (exact) mass is 389 g/mol. The zero-order valence-electron chi connectivity index (χ0n) is 16.4. The first kappa shape index (κ1) is 19.9. The first-order valence-corrected chi connectivity index (χ1v) is 9.15. The first-order valence-electron chi connectivity index (χ1n) is 9.15. The lowest BCUT2D eigenvalue weighted by Crippen LogP contribution is -2.20. The smallest absolute Gasteiger partial charge is 0.262 e. The molecule has 0 saturated carbocycles. The third-order valence-electron chi connectivity index (χ3n) is 4.06. The number of carbonyl (C=O) groups excluding carboxylic acids is 1. The minimum Gasteiger partial charge on any atom is -0.493 e. The number of rotatable bonds is 8. The second kappa shape index (κ2) is 9.94. The van der Waals surface area contributed by atoms with E-state index in [0.717, 1.165) is 22.5 Å². The number of nitrogens with zero attached hydrogens (tertiary/aromatic N) is 1. The molecule has 148 valence electrons. The van der Waals surface area contributed by atoms with Crippen LogP contribution in [0.1, 0.15) is 11.1 Å². The van der Waals surface area contributed by atoms with Gasteiger partial charge in [-0.1, -0.05) is 35.9 Å². The van der Waals surface area contributed by atoms with Gasteiger partial charge in [-0.05, 0) is 55.0 Å². The number of methoxy groups -OCH3 is 1. The second-order valence-electron chi connectivity index (χ2n) is 6.35. The van der Waals surface area contributed by atoms with Gasteiger partial charge in [0.15, 0.2) is 18.1 Å².